The van der Waals surface area contributed by atoms with Crippen LogP contribution in [-0.2, 0) is 11.2 Å². The molecule has 0 aromatic carbocycles. The molecule has 0 saturated carbocycles. The molecule has 2 fully saturated rings. The van der Waals surface area contributed by atoms with E-state index in [2.05, 4.69) is 23.7 Å². The van der Waals surface area contributed by atoms with Gasteiger partial charge >= 0.3 is 0 Å². The molecule has 0 bridgehead atoms. The van der Waals surface area contributed by atoms with Crippen LogP contribution in [-0.4, -0.2) is 47.0 Å². The lowest BCUT2D eigenvalue weighted by Crippen LogP contribution is -2.54. The zero-order chi connectivity index (χ0) is 17.2. The highest BCUT2D eigenvalue weighted by Gasteiger charge is 2.41. The van der Waals surface area contributed by atoms with Gasteiger partial charge in [0, 0.05) is 49.8 Å². The largest absolute Gasteiger partial charge is 0.356 e. The quantitative estimate of drug-likeness (QED) is 0.851. The van der Waals surface area contributed by atoms with Crippen LogP contribution >= 0.6 is 0 Å². The molecular formula is C19H30N4O. The Bertz CT molecular complexity index is 603. The maximum absolute atomic E-state index is 12.1. The van der Waals surface area contributed by atoms with E-state index in [0.717, 1.165) is 57.1 Å². The van der Waals surface area contributed by atoms with Gasteiger partial charge in [0.25, 0.3) is 0 Å². The Labute approximate surface area is 145 Å². The molecule has 2 aliphatic rings. The fourth-order valence-electron chi connectivity index (χ4n) is 4.31. The van der Waals surface area contributed by atoms with Gasteiger partial charge in [-0.05, 0) is 39.5 Å². The van der Waals surface area contributed by atoms with E-state index in [1.807, 2.05) is 18.0 Å². The van der Waals surface area contributed by atoms with Crippen LogP contribution in [0, 0.1) is 12.3 Å². The number of anilines is 1. The van der Waals surface area contributed by atoms with Crippen LogP contribution in [0.3, 0.4) is 0 Å². The first-order valence-electron chi connectivity index (χ1n) is 9.42. The van der Waals surface area contributed by atoms with Gasteiger partial charge in [-0.15, -0.1) is 0 Å². The van der Waals surface area contributed by atoms with Crippen molar-refractivity contribution in [1.82, 2.24) is 14.9 Å². The maximum atomic E-state index is 12.1. The van der Waals surface area contributed by atoms with Gasteiger partial charge < -0.3 is 9.80 Å². The van der Waals surface area contributed by atoms with Crippen LogP contribution in [0.2, 0.25) is 0 Å². The van der Waals surface area contributed by atoms with Crippen molar-refractivity contribution < 1.29 is 4.79 Å². The van der Waals surface area contributed by atoms with Crippen molar-refractivity contribution in [2.24, 2.45) is 5.41 Å². The monoisotopic (exact) mass is 330 g/mol. The van der Waals surface area contributed by atoms with Gasteiger partial charge in [-0.2, -0.15) is 0 Å². The Morgan fingerprint density at radius 2 is 2.08 bits per heavy atom. The smallest absolute Gasteiger partial charge is 0.222 e. The van der Waals surface area contributed by atoms with Crippen molar-refractivity contribution in [1.29, 1.82) is 0 Å². The number of carbonyl (C=O) groups is 1. The second-order valence-corrected chi connectivity index (χ2v) is 7.45. The number of rotatable bonds is 4. The predicted octanol–water partition coefficient (Wildman–Crippen LogP) is 2.97. The van der Waals surface area contributed by atoms with Gasteiger partial charge in [-0.25, -0.2) is 9.97 Å². The second kappa shape index (κ2) is 7.08. The number of amides is 1. The molecule has 132 valence electrons. The lowest BCUT2D eigenvalue weighted by atomic mass is 9.73. The van der Waals surface area contributed by atoms with Gasteiger partial charge in [0.15, 0.2) is 0 Å². The zero-order valence-corrected chi connectivity index (χ0v) is 15.3. The van der Waals surface area contributed by atoms with Crippen LogP contribution in [0.5, 0.6) is 0 Å². The van der Waals surface area contributed by atoms with E-state index in [1.165, 1.54) is 18.4 Å². The van der Waals surface area contributed by atoms with E-state index >= 15 is 0 Å². The molecule has 1 amide bonds. The summed E-state index contributed by atoms with van der Waals surface area (Å²) < 4.78 is 0. The number of hydrogen-bond donors (Lipinski definition) is 0. The summed E-state index contributed by atoms with van der Waals surface area (Å²) in [4.78, 5) is 25.8. The fraction of sp³-hybridized carbons (Fsp3) is 0.737. The topological polar surface area (TPSA) is 49.3 Å². The highest BCUT2D eigenvalue weighted by Crippen LogP contribution is 2.40. The third-order valence-electron chi connectivity index (χ3n) is 5.57. The molecule has 1 atom stereocenters. The Kier molecular flexibility index (Phi) is 5.07. The third kappa shape index (κ3) is 3.40. The Hall–Kier alpha value is -1.65. The molecule has 1 unspecified atom stereocenters. The number of hydrogen-bond acceptors (Lipinski definition) is 4. The molecule has 1 aromatic rings. The summed E-state index contributed by atoms with van der Waals surface area (Å²) in [5, 5.41) is 0. The number of aromatic nitrogens is 2. The second-order valence-electron chi connectivity index (χ2n) is 7.45. The molecule has 3 heterocycles. The van der Waals surface area contributed by atoms with E-state index in [9.17, 15) is 4.79 Å². The molecule has 24 heavy (non-hydrogen) atoms. The first kappa shape index (κ1) is 17.2. The van der Waals surface area contributed by atoms with Crippen molar-refractivity contribution in [3.05, 3.63) is 17.6 Å². The van der Waals surface area contributed by atoms with E-state index in [1.54, 1.807) is 0 Å². The Morgan fingerprint density at radius 3 is 2.83 bits per heavy atom. The predicted molar refractivity (Wildman–Crippen MR) is 96.1 cm³/mol. The van der Waals surface area contributed by atoms with E-state index in [4.69, 9.17) is 4.98 Å². The van der Waals surface area contributed by atoms with Crippen LogP contribution < -0.4 is 4.90 Å². The van der Waals surface area contributed by atoms with E-state index in [0.29, 0.717) is 12.3 Å². The first-order chi connectivity index (χ1) is 11.6. The number of piperidine rings is 2. The molecule has 5 nitrogen and oxygen atoms in total. The Morgan fingerprint density at radius 1 is 1.25 bits per heavy atom. The average Bonchev–Trinajstić information content (AvgIpc) is 2.59. The molecule has 5 heteroatoms. The summed E-state index contributed by atoms with van der Waals surface area (Å²) in [6, 6.07) is 0. The molecule has 0 radical (unpaired) electrons. The molecule has 2 saturated heterocycles. The summed E-state index contributed by atoms with van der Waals surface area (Å²) in [7, 11) is 0. The van der Waals surface area contributed by atoms with E-state index < -0.39 is 0 Å². The minimum Gasteiger partial charge on any atom is -0.356 e. The van der Waals surface area contributed by atoms with Crippen molar-refractivity contribution in [3.63, 3.8) is 0 Å². The van der Waals surface area contributed by atoms with Crippen LogP contribution in [0.4, 0.5) is 5.82 Å². The molecular weight excluding hydrogens is 300 g/mol. The van der Waals surface area contributed by atoms with Crippen molar-refractivity contribution in [3.8, 4) is 0 Å². The summed E-state index contributed by atoms with van der Waals surface area (Å²) in [6.07, 6.45) is 8.26. The van der Waals surface area contributed by atoms with Gasteiger partial charge in [-0.3, -0.25) is 4.79 Å². The normalized spacial score (nSPS) is 24.7. The van der Waals surface area contributed by atoms with Gasteiger partial charge in [0.2, 0.25) is 5.91 Å². The lowest BCUT2D eigenvalue weighted by molar-refractivity contribution is -0.137. The number of nitrogens with zero attached hydrogens (tertiary/aromatic N) is 4. The summed E-state index contributed by atoms with van der Waals surface area (Å²) in [6.45, 7) is 10.1. The summed E-state index contributed by atoms with van der Waals surface area (Å²) in [5.41, 5.74) is 1.50. The molecule has 1 spiro atoms. The SMILES string of the molecule is CCCc1cnc(C)nc1N1CCCC2(CCC(=O)N(CC)C2)C1. The van der Waals surface area contributed by atoms with Crippen molar-refractivity contribution in [2.75, 3.05) is 31.1 Å². The molecule has 3 rings (SSSR count). The lowest BCUT2D eigenvalue weighted by Gasteiger charge is -2.48. The number of carbonyl (C=O) groups excluding carboxylic acids is 1. The molecule has 0 N–H and O–H groups in total. The van der Waals surface area contributed by atoms with Crippen molar-refractivity contribution >= 4 is 11.7 Å². The highest BCUT2D eigenvalue weighted by atomic mass is 16.2. The Balaban J connectivity index is 1.83. The number of likely N-dealkylation sites (tertiary alicyclic amines) is 1. The minimum absolute atomic E-state index is 0.241. The number of aryl methyl sites for hydroxylation is 2. The van der Waals surface area contributed by atoms with Gasteiger partial charge in [-0.1, -0.05) is 13.3 Å². The van der Waals surface area contributed by atoms with Crippen LogP contribution in [0.25, 0.3) is 0 Å². The van der Waals surface area contributed by atoms with Gasteiger partial charge in [0.05, 0.1) is 0 Å². The molecule has 0 aliphatic carbocycles. The standard InChI is InChI=1S/C19H30N4O/c1-4-7-16-12-20-15(3)21-18(16)23-11-6-9-19(14-23)10-8-17(24)22(5-2)13-19/h12H,4-11,13-14H2,1-3H3. The van der Waals surface area contributed by atoms with Crippen molar-refractivity contribution in [2.45, 2.75) is 59.3 Å². The molecule has 1 aromatic heterocycles. The van der Waals surface area contributed by atoms with Crippen LogP contribution in [0.15, 0.2) is 6.20 Å². The highest BCUT2D eigenvalue weighted by molar-refractivity contribution is 5.77. The summed E-state index contributed by atoms with van der Waals surface area (Å²) >= 11 is 0. The van der Waals surface area contributed by atoms with E-state index in [-0.39, 0.29) is 5.41 Å². The zero-order valence-electron chi connectivity index (χ0n) is 15.3. The maximum Gasteiger partial charge on any atom is 0.222 e. The van der Waals surface area contributed by atoms with Gasteiger partial charge in [0.1, 0.15) is 11.6 Å². The minimum atomic E-state index is 0.241. The molecule has 2 aliphatic heterocycles. The summed E-state index contributed by atoms with van der Waals surface area (Å²) in [5.74, 6) is 2.30. The van der Waals surface area contributed by atoms with Crippen LogP contribution in [0.1, 0.15) is 57.3 Å². The third-order valence-corrected chi connectivity index (χ3v) is 5.57. The average molecular weight is 330 g/mol. The fourth-order valence-corrected chi connectivity index (χ4v) is 4.31. The first-order valence-corrected chi connectivity index (χ1v) is 9.42.